The zero-order valence-corrected chi connectivity index (χ0v) is 21.6. The van der Waals surface area contributed by atoms with E-state index in [2.05, 4.69) is 25.7 Å². The molecule has 0 N–H and O–H groups in total. The summed E-state index contributed by atoms with van der Waals surface area (Å²) in [6, 6.07) is 3.67. The number of ether oxygens (including phenoxy) is 2. The van der Waals surface area contributed by atoms with E-state index in [0.29, 0.717) is 24.3 Å². The van der Waals surface area contributed by atoms with Gasteiger partial charge in [0.25, 0.3) is 0 Å². The van der Waals surface area contributed by atoms with Gasteiger partial charge in [-0.25, -0.2) is 0 Å². The second kappa shape index (κ2) is 10.2. The first-order valence-electron chi connectivity index (χ1n) is 13.0. The lowest BCUT2D eigenvalue weighted by molar-refractivity contribution is -0.152. The largest absolute Gasteiger partial charge is 0.473 e. The summed E-state index contributed by atoms with van der Waals surface area (Å²) >= 11 is 0. The van der Waals surface area contributed by atoms with Crippen LogP contribution in [0.5, 0.6) is 5.75 Å². The number of likely N-dealkylation sites (tertiary alicyclic amines) is 1. The number of nitrogens with zero attached hydrogens (tertiary/aromatic N) is 2. The van der Waals surface area contributed by atoms with E-state index >= 15 is 0 Å². The second-order valence-electron chi connectivity index (χ2n) is 10.9. The molecule has 36 heavy (non-hydrogen) atoms. The molecule has 3 aliphatic rings. The molecule has 0 aromatic heterocycles. The Kier molecular flexibility index (Phi) is 7.60. The first-order valence-corrected chi connectivity index (χ1v) is 13.0. The number of carbonyl (C=O) groups excluding carboxylic acids is 2. The van der Waals surface area contributed by atoms with Crippen molar-refractivity contribution in [1.82, 2.24) is 9.80 Å². The van der Waals surface area contributed by atoms with Gasteiger partial charge in [0.1, 0.15) is 5.75 Å². The molecule has 200 valence electrons. The van der Waals surface area contributed by atoms with Crippen molar-refractivity contribution in [1.29, 1.82) is 0 Å². The topological polar surface area (TPSA) is 59.1 Å². The van der Waals surface area contributed by atoms with Crippen LogP contribution in [0.2, 0.25) is 0 Å². The Morgan fingerprint density at radius 1 is 1.25 bits per heavy atom. The van der Waals surface area contributed by atoms with Gasteiger partial charge in [-0.1, -0.05) is 20.8 Å². The minimum Gasteiger partial charge on any atom is -0.473 e. The number of hydrogen-bond donors (Lipinski definition) is 0. The monoisotopic (exact) mass is 510 g/mol. The summed E-state index contributed by atoms with van der Waals surface area (Å²) in [6.45, 7) is 10.1. The molecule has 1 aromatic carbocycles. The van der Waals surface area contributed by atoms with Gasteiger partial charge in [-0.15, -0.1) is 0 Å². The van der Waals surface area contributed by atoms with Crippen molar-refractivity contribution in [2.75, 3.05) is 26.4 Å². The summed E-state index contributed by atoms with van der Waals surface area (Å²) < 4.78 is 50.6. The molecule has 6 nitrogen and oxygen atoms in total. The Balaban J connectivity index is 1.46. The van der Waals surface area contributed by atoms with Crippen molar-refractivity contribution in [3.8, 4) is 5.75 Å². The van der Waals surface area contributed by atoms with Gasteiger partial charge in [-0.3, -0.25) is 9.59 Å². The molecule has 1 aliphatic carbocycles. The van der Waals surface area contributed by atoms with Crippen LogP contribution in [0.25, 0.3) is 0 Å². The fourth-order valence-corrected chi connectivity index (χ4v) is 6.30. The van der Waals surface area contributed by atoms with Crippen molar-refractivity contribution in [2.24, 2.45) is 23.2 Å². The van der Waals surface area contributed by atoms with E-state index in [1.165, 1.54) is 6.07 Å². The molecule has 4 atom stereocenters. The molecule has 0 unspecified atom stereocenters. The van der Waals surface area contributed by atoms with Crippen LogP contribution in [0, 0.1) is 23.2 Å². The molecule has 1 aromatic rings. The molecule has 1 saturated carbocycles. The van der Waals surface area contributed by atoms with Gasteiger partial charge >= 0.3 is 12.1 Å². The fraction of sp³-hybridized carbons (Fsp3) is 0.704. The van der Waals surface area contributed by atoms with Crippen LogP contribution < -0.4 is 4.74 Å². The third-order valence-electron chi connectivity index (χ3n) is 8.51. The number of esters is 1. The molecule has 9 heteroatoms. The number of alkyl halides is 3. The summed E-state index contributed by atoms with van der Waals surface area (Å²) in [7, 11) is 0. The predicted octanol–water partition coefficient (Wildman–Crippen LogP) is 5.10. The maximum absolute atomic E-state index is 13.9. The van der Waals surface area contributed by atoms with Crippen LogP contribution >= 0.6 is 0 Å². The van der Waals surface area contributed by atoms with Gasteiger partial charge in [0.2, 0.25) is 5.91 Å². The van der Waals surface area contributed by atoms with Gasteiger partial charge in [-0.05, 0) is 69.2 Å². The average Bonchev–Trinajstić information content (AvgIpc) is 3.29. The molecular formula is C27H37F3N2O4. The predicted molar refractivity (Wildman–Crippen MR) is 128 cm³/mol. The van der Waals surface area contributed by atoms with E-state index in [0.717, 1.165) is 44.5 Å². The molecule has 0 radical (unpaired) electrons. The highest BCUT2D eigenvalue weighted by molar-refractivity contribution is 5.83. The van der Waals surface area contributed by atoms with E-state index in [4.69, 9.17) is 9.47 Å². The van der Waals surface area contributed by atoms with E-state index in [1.54, 1.807) is 4.90 Å². The van der Waals surface area contributed by atoms with Crippen molar-refractivity contribution >= 4 is 11.9 Å². The summed E-state index contributed by atoms with van der Waals surface area (Å²) in [6.07, 6.45) is -1.39. The van der Waals surface area contributed by atoms with Crippen LogP contribution in [0.15, 0.2) is 18.2 Å². The smallest absolute Gasteiger partial charge is 0.416 e. The number of piperidine rings is 1. The van der Waals surface area contributed by atoms with Gasteiger partial charge in [0, 0.05) is 18.2 Å². The van der Waals surface area contributed by atoms with E-state index in [9.17, 15) is 22.8 Å². The van der Waals surface area contributed by atoms with E-state index < -0.39 is 17.2 Å². The summed E-state index contributed by atoms with van der Waals surface area (Å²) in [4.78, 5) is 30.2. The van der Waals surface area contributed by atoms with Crippen LogP contribution in [-0.2, 0) is 27.0 Å². The number of fused-ring (bicyclic) bond motifs is 1. The minimum absolute atomic E-state index is 0.0400. The lowest BCUT2D eigenvalue weighted by Gasteiger charge is -2.42. The molecule has 2 aliphatic heterocycles. The molecule has 0 spiro atoms. The summed E-state index contributed by atoms with van der Waals surface area (Å²) in [5, 5.41) is 0. The van der Waals surface area contributed by atoms with Crippen molar-refractivity contribution < 1.29 is 32.2 Å². The Bertz CT molecular complexity index is 982. The summed E-state index contributed by atoms with van der Waals surface area (Å²) in [5.41, 5.74) is -0.944. The summed E-state index contributed by atoms with van der Waals surface area (Å²) in [5.74, 6) is 0.392. The number of carbonyl (C=O) groups is 2. The molecule has 2 fully saturated rings. The van der Waals surface area contributed by atoms with Gasteiger partial charge in [-0.2, -0.15) is 13.2 Å². The molecule has 1 saturated heterocycles. The fourth-order valence-electron chi connectivity index (χ4n) is 6.30. The Morgan fingerprint density at radius 3 is 2.64 bits per heavy atom. The third kappa shape index (κ3) is 5.08. The first-order chi connectivity index (χ1) is 17.0. The lowest BCUT2D eigenvalue weighted by Crippen LogP contribution is -2.50. The normalized spacial score (nSPS) is 29.1. The Labute approximate surface area is 211 Å². The van der Waals surface area contributed by atoms with Gasteiger partial charge in [0.05, 0.1) is 30.0 Å². The third-order valence-corrected chi connectivity index (χ3v) is 8.51. The molecule has 4 rings (SSSR count). The van der Waals surface area contributed by atoms with E-state index in [1.807, 2.05) is 6.92 Å². The Hall–Kier alpha value is -2.29. The lowest BCUT2D eigenvalue weighted by atomic mass is 9.74. The molecule has 0 bridgehead atoms. The van der Waals surface area contributed by atoms with Gasteiger partial charge < -0.3 is 19.3 Å². The highest BCUT2D eigenvalue weighted by Gasteiger charge is 2.51. The molecule has 2 heterocycles. The zero-order chi connectivity index (χ0) is 26.3. The SMILES string of the molecule is CCOC(=O)[C@H]1CCN([C@@H]2CC[C@@](C(=O)N3COc4ccc(C(F)(F)F)cc4C3)(C(C)C)C2)C[C@H]1C. The maximum Gasteiger partial charge on any atom is 0.416 e. The average molecular weight is 511 g/mol. The zero-order valence-electron chi connectivity index (χ0n) is 21.6. The highest BCUT2D eigenvalue weighted by Crippen LogP contribution is 2.49. The quantitative estimate of drug-likeness (QED) is 0.516. The maximum atomic E-state index is 13.9. The van der Waals surface area contributed by atoms with Crippen molar-refractivity contribution in [2.45, 2.75) is 72.1 Å². The van der Waals surface area contributed by atoms with Crippen molar-refractivity contribution in [3.63, 3.8) is 0 Å². The number of benzene rings is 1. The van der Waals surface area contributed by atoms with Crippen molar-refractivity contribution in [3.05, 3.63) is 29.3 Å². The minimum atomic E-state index is -4.45. The first kappa shape index (κ1) is 26.8. The number of amides is 1. The molecular weight excluding hydrogens is 473 g/mol. The molecule has 1 amide bonds. The number of rotatable bonds is 5. The van der Waals surface area contributed by atoms with E-state index in [-0.39, 0.29) is 48.9 Å². The van der Waals surface area contributed by atoms with Gasteiger partial charge in [0.15, 0.2) is 6.73 Å². The second-order valence-corrected chi connectivity index (χ2v) is 10.9. The number of hydrogen-bond acceptors (Lipinski definition) is 5. The highest BCUT2D eigenvalue weighted by atomic mass is 19.4. The van der Waals surface area contributed by atoms with Crippen LogP contribution in [0.1, 0.15) is 64.5 Å². The Morgan fingerprint density at radius 2 is 2.00 bits per heavy atom. The van der Waals surface area contributed by atoms with Crippen LogP contribution in [-0.4, -0.2) is 54.1 Å². The number of halogens is 3. The van der Waals surface area contributed by atoms with Crippen LogP contribution in [0.4, 0.5) is 13.2 Å². The standard InChI is InChI=1S/C27H37F3N2O4/c1-5-35-24(33)22-9-11-31(14-18(22)4)21-8-10-26(13-21,17(2)3)25(34)32-15-19-12-20(27(28,29)30)6-7-23(19)36-16-32/h6-7,12,17-18,21-22H,5,8-11,13-16H2,1-4H3/t18-,21-,22+,26+/m1/s1. The van der Waals surface area contributed by atoms with Crippen LogP contribution in [0.3, 0.4) is 0 Å².